The molecule has 152 valence electrons. The van der Waals surface area contributed by atoms with Crippen LogP contribution in [0.25, 0.3) is 11.0 Å². The maximum atomic E-state index is 12.9. The fourth-order valence-electron chi connectivity index (χ4n) is 2.69. The number of benzene rings is 2. The molecular formula is C20H14F4O5. The van der Waals surface area contributed by atoms with Crippen LogP contribution >= 0.6 is 0 Å². The molecule has 3 aromatic rings. The molecule has 0 unspecified atom stereocenters. The van der Waals surface area contributed by atoms with Gasteiger partial charge in [0.15, 0.2) is 0 Å². The third kappa shape index (κ3) is 4.56. The number of hydrogen-bond donors (Lipinski definition) is 0. The van der Waals surface area contributed by atoms with E-state index in [-0.39, 0.29) is 34.6 Å². The first-order chi connectivity index (χ1) is 13.7. The van der Waals surface area contributed by atoms with E-state index >= 15 is 0 Å². The van der Waals surface area contributed by atoms with Gasteiger partial charge in [-0.05, 0) is 47.5 Å². The van der Waals surface area contributed by atoms with Gasteiger partial charge in [0.25, 0.3) is 0 Å². The number of fused-ring (bicyclic) bond motifs is 1. The number of rotatable bonds is 5. The van der Waals surface area contributed by atoms with Crippen molar-refractivity contribution in [3.8, 4) is 5.75 Å². The van der Waals surface area contributed by atoms with Crippen LogP contribution in [0.1, 0.15) is 27.0 Å². The van der Waals surface area contributed by atoms with E-state index in [1.165, 1.54) is 30.3 Å². The molecule has 0 fully saturated rings. The molecule has 0 atom stereocenters. The van der Waals surface area contributed by atoms with Crippen molar-refractivity contribution in [3.05, 3.63) is 75.1 Å². The van der Waals surface area contributed by atoms with Crippen LogP contribution in [0.5, 0.6) is 5.75 Å². The molecule has 0 radical (unpaired) electrons. The van der Waals surface area contributed by atoms with E-state index in [0.29, 0.717) is 5.39 Å². The van der Waals surface area contributed by atoms with E-state index in [9.17, 15) is 27.2 Å². The summed E-state index contributed by atoms with van der Waals surface area (Å²) in [5, 5.41) is 0.427. The predicted octanol–water partition coefficient (Wildman–Crippen LogP) is 4.65. The lowest BCUT2D eigenvalue weighted by Crippen LogP contribution is -2.14. The number of ether oxygens (including phenoxy) is 2. The van der Waals surface area contributed by atoms with Crippen LogP contribution in [-0.2, 0) is 24.2 Å². The molecule has 5 nitrogen and oxygen atoms in total. The van der Waals surface area contributed by atoms with Gasteiger partial charge in [0.05, 0.1) is 12.7 Å². The van der Waals surface area contributed by atoms with Crippen molar-refractivity contribution in [1.82, 2.24) is 0 Å². The zero-order valence-corrected chi connectivity index (χ0v) is 15.0. The van der Waals surface area contributed by atoms with Gasteiger partial charge in [0, 0.05) is 11.5 Å². The van der Waals surface area contributed by atoms with Crippen molar-refractivity contribution in [2.45, 2.75) is 19.5 Å². The van der Waals surface area contributed by atoms with Crippen LogP contribution in [0.2, 0.25) is 0 Å². The Kier molecular flexibility index (Phi) is 5.58. The second-order valence-corrected chi connectivity index (χ2v) is 6.10. The van der Waals surface area contributed by atoms with Crippen molar-refractivity contribution in [3.63, 3.8) is 0 Å². The normalized spacial score (nSPS) is 11.5. The Morgan fingerprint density at radius 3 is 2.45 bits per heavy atom. The number of esters is 1. The highest BCUT2D eigenvalue weighted by atomic mass is 19.4. The van der Waals surface area contributed by atoms with Crippen LogP contribution < -0.4 is 10.4 Å². The Hall–Kier alpha value is -3.36. The molecule has 1 aromatic heterocycles. The van der Waals surface area contributed by atoms with E-state index < -0.39 is 30.0 Å². The number of alkyl halides is 4. The number of hydrogen-bond acceptors (Lipinski definition) is 5. The summed E-state index contributed by atoms with van der Waals surface area (Å²) in [6.07, 6.45) is -4.61. The minimum absolute atomic E-state index is 0.113. The number of halogens is 4. The average molecular weight is 410 g/mol. The second kappa shape index (κ2) is 7.94. The van der Waals surface area contributed by atoms with Crippen molar-refractivity contribution in [2.75, 3.05) is 7.11 Å². The molecule has 9 heteroatoms. The molecule has 0 aliphatic heterocycles. The summed E-state index contributed by atoms with van der Waals surface area (Å²) in [5.41, 5.74) is -1.99. The lowest BCUT2D eigenvalue weighted by atomic mass is 10.1. The minimum atomic E-state index is -4.61. The molecule has 0 N–H and O–H groups in total. The number of methoxy groups -OCH3 is 1. The molecule has 0 saturated heterocycles. The molecule has 1 heterocycles. The highest BCUT2D eigenvalue weighted by Crippen LogP contribution is 2.31. The fraction of sp³-hybridized carbons (Fsp3) is 0.200. The summed E-state index contributed by atoms with van der Waals surface area (Å²) in [5.74, 6) is -0.625. The van der Waals surface area contributed by atoms with E-state index in [2.05, 4.69) is 4.74 Å². The van der Waals surface area contributed by atoms with Crippen molar-refractivity contribution >= 4 is 16.9 Å². The number of carbonyl (C=O) groups excluding carboxylic acids is 1. The summed E-state index contributed by atoms with van der Waals surface area (Å²) in [6, 6.07) is 8.57. The predicted molar refractivity (Wildman–Crippen MR) is 94.4 cm³/mol. The SMILES string of the molecule is COC(=O)c1cc2ccc(OCc3cc(CF)cc(C(F)(F)F)c3)cc2oc1=O. The smallest absolute Gasteiger partial charge is 0.416 e. The van der Waals surface area contributed by atoms with E-state index in [4.69, 9.17) is 9.15 Å². The molecule has 0 aliphatic carbocycles. The Bertz CT molecular complexity index is 1120. The van der Waals surface area contributed by atoms with Gasteiger partial charge in [-0.1, -0.05) is 0 Å². The van der Waals surface area contributed by atoms with Crippen LogP contribution in [0.3, 0.4) is 0 Å². The maximum Gasteiger partial charge on any atom is 0.416 e. The Morgan fingerprint density at radius 2 is 1.79 bits per heavy atom. The minimum Gasteiger partial charge on any atom is -0.489 e. The summed E-state index contributed by atoms with van der Waals surface area (Å²) in [7, 11) is 1.13. The van der Waals surface area contributed by atoms with E-state index in [1.54, 1.807) is 0 Å². The van der Waals surface area contributed by atoms with Crippen LogP contribution in [0.15, 0.2) is 51.7 Å². The van der Waals surface area contributed by atoms with Crippen LogP contribution in [0.4, 0.5) is 17.6 Å². The van der Waals surface area contributed by atoms with Gasteiger partial charge >= 0.3 is 17.8 Å². The molecule has 0 saturated carbocycles. The summed E-state index contributed by atoms with van der Waals surface area (Å²) in [4.78, 5) is 23.4. The largest absolute Gasteiger partial charge is 0.489 e. The van der Waals surface area contributed by atoms with Crippen LogP contribution in [-0.4, -0.2) is 13.1 Å². The monoisotopic (exact) mass is 410 g/mol. The third-order valence-electron chi connectivity index (χ3n) is 4.05. The Morgan fingerprint density at radius 1 is 1.07 bits per heavy atom. The van der Waals surface area contributed by atoms with Gasteiger partial charge in [-0.2, -0.15) is 13.2 Å². The van der Waals surface area contributed by atoms with Gasteiger partial charge in [0.2, 0.25) is 0 Å². The Labute approximate surface area is 161 Å². The van der Waals surface area contributed by atoms with Crippen LogP contribution in [0, 0.1) is 0 Å². The molecular weight excluding hydrogens is 396 g/mol. The highest BCUT2D eigenvalue weighted by Gasteiger charge is 2.31. The third-order valence-corrected chi connectivity index (χ3v) is 4.05. The first-order valence-corrected chi connectivity index (χ1v) is 8.26. The van der Waals surface area contributed by atoms with Gasteiger partial charge in [0.1, 0.15) is 30.2 Å². The highest BCUT2D eigenvalue weighted by molar-refractivity contribution is 5.92. The summed E-state index contributed by atoms with van der Waals surface area (Å²) < 4.78 is 66.7. The zero-order valence-electron chi connectivity index (χ0n) is 15.0. The van der Waals surface area contributed by atoms with Crippen molar-refractivity contribution in [2.24, 2.45) is 0 Å². The maximum absolute atomic E-state index is 12.9. The molecule has 0 spiro atoms. The standard InChI is InChI=1S/C20H14F4O5/c1-27-18(25)16-7-13-2-3-15(8-17(13)29-19(16)26)28-10-12-4-11(9-21)5-14(6-12)20(22,23)24/h2-8H,9-10H2,1H3. The lowest BCUT2D eigenvalue weighted by Gasteiger charge is -2.12. The fourth-order valence-corrected chi connectivity index (χ4v) is 2.69. The molecule has 29 heavy (non-hydrogen) atoms. The first-order valence-electron chi connectivity index (χ1n) is 8.26. The molecule has 0 aliphatic rings. The topological polar surface area (TPSA) is 65.7 Å². The van der Waals surface area contributed by atoms with Crippen molar-refractivity contribution in [1.29, 1.82) is 0 Å². The molecule has 0 amide bonds. The Balaban J connectivity index is 1.86. The van der Waals surface area contributed by atoms with E-state index in [1.807, 2.05) is 0 Å². The molecule has 3 rings (SSSR count). The lowest BCUT2D eigenvalue weighted by molar-refractivity contribution is -0.137. The number of carbonyl (C=O) groups is 1. The van der Waals surface area contributed by atoms with E-state index in [0.717, 1.165) is 19.2 Å². The van der Waals surface area contributed by atoms with Gasteiger partial charge in [-0.15, -0.1) is 0 Å². The van der Waals surface area contributed by atoms with Gasteiger partial charge < -0.3 is 13.9 Å². The van der Waals surface area contributed by atoms with Gasteiger partial charge in [-0.3, -0.25) is 0 Å². The summed E-state index contributed by atoms with van der Waals surface area (Å²) in [6.45, 7) is -1.30. The first kappa shape index (κ1) is 20.4. The summed E-state index contributed by atoms with van der Waals surface area (Å²) >= 11 is 0. The molecule has 2 aromatic carbocycles. The average Bonchev–Trinajstić information content (AvgIpc) is 2.70. The zero-order chi connectivity index (χ0) is 21.2. The second-order valence-electron chi connectivity index (χ2n) is 6.10. The van der Waals surface area contributed by atoms with Crippen molar-refractivity contribution < 1.29 is 36.2 Å². The van der Waals surface area contributed by atoms with Gasteiger partial charge in [-0.25, -0.2) is 14.0 Å². The quantitative estimate of drug-likeness (QED) is 0.348. The molecule has 0 bridgehead atoms.